The van der Waals surface area contributed by atoms with Crippen LogP contribution in [0.1, 0.15) is 42.2 Å². The van der Waals surface area contributed by atoms with E-state index in [1.54, 1.807) is 12.1 Å². The van der Waals surface area contributed by atoms with Gasteiger partial charge in [0.1, 0.15) is 0 Å². The summed E-state index contributed by atoms with van der Waals surface area (Å²) < 4.78 is 45.4. The Bertz CT molecular complexity index is 1800. The van der Waals surface area contributed by atoms with Crippen molar-refractivity contribution in [3.63, 3.8) is 0 Å². The number of hydrogen-bond acceptors (Lipinski definition) is 7. The number of rotatable bonds is 8. The molecule has 0 atom stereocenters. The lowest BCUT2D eigenvalue weighted by atomic mass is 10.1. The first-order valence-electron chi connectivity index (χ1n) is 12.2. The third kappa shape index (κ3) is 8.14. The molecule has 2 N–H and O–H groups in total. The van der Waals surface area contributed by atoms with E-state index in [-0.39, 0.29) is 39.4 Å². The number of alkyl halides is 3. The van der Waals surface area contributed by atoms with Crippen LogP contribution in [0.5, 0.6) is 5.75 Å². The van der Waals surface area contributed by atoms with Gasteiger partial charge in [0.2, 0.25) is 0 Å². The highest BCUT2D eigenvalue weighted by Crippen LogP contribution is 2.33. The molecule has 0 spiro atoms. The van der Waals surface area contributed by atoms with Crippen molar-refractivity contribution in [3.05, 3.63) is 132 Å². The molecular formula is C29H17Br2F3N4O6. The Morgan fingerprint density at radius 3 is 2.18 bits per heavy atom. The van der Waals surface area contributed by atoms with E-state index in [2.05, 4.69) is 47.7 Å². The number of nitro benzene ring substituents is 1. The minimum atomic E-state index is -4.61. The number of esters is 1. The predicted octanol–water partition coefficient (Wildman–Crippen LogP) is 7.37. The van der Waals surface area contributed by atoms with Gasteiger partial charge in [-0.15, -0.1) is 0 Å². The molecule has 15 heteroatoms. The number of nitro groups is 1. The SMILES string of the molecule is O=C(NN=Cc1cc(Br)cc(Br)c1OC(=O)c1ccc([N+](=O)[O-])cc1)c1cccc(NC(=O)c2cccc(C(F)(F)F)c2)c1. The Labute approximate surface area is 263 Å². The van der Waals surface area contributed by atoms with Gasteiger partial charge >= 0.3 is 12.1 Å². The van der Waals surface area contributed by atoms with Crippen molar-refractivity contribution in [2.45, 2.75) is 6.18 Å². The maximum Gasteiger partial charge on any atom is 0.416 e. The number of non-ortho nitro benzene ring substituents is 1. The number of ether oxygens (including phenoxy) is 1. The van der Waals surface area contributed by atoms with Gasteiger partial charge in [0, 0.05) is 39.0 Å². The molecule has 0 bridgehead atoms. The van der Waals surface area contributed by atoms with E-state index in [4.69, 9.17) is 4.74 Å². The topological polar surface area (TPSA) is 140 Å². The largest absolute Gasteiger partial charge is 0.421 e. The molecule has 0 saturated carbocycles. The zero-order valence-corrected chi connectivity index (χ0v) is 25.1. The van der Waals surface area contributed by atoms with Crippen molar-refractivity contribution in [2.24, 2.45) is 5.10 Å². The first-order chi connectivity index (χ1) is 20.8. The summed E-state index contributed by atoms with van der Waals surface area (Å²) >= 11 is 6.63. The second-order valence-electron chi connectivity index (χ2n) is 8.81. The molecule has 0 unspecified atom stereocenters. The summed E-state index contributed by atoms with van der Waals surface area (Å²) in [5.41, 5.74) is 1.47. The average Bonchev–Trinajstić information content (AvgIpc) is 2.98. The summed E-state index contributed by atoms with van der Waals surface area (Å²) in [7, 11) is 0. The van der Waals surface area contributed by atoms with Crippen LogP contribution in [0.2, 0.25) is 0 Å². The summed E-state index contributed by atoms with van der Waals surface area (Å²) in [4.78, 5) is 48.2. The number of nitrogens with zero attached hydrogens (tertiary/aromatic N) is 2. The molecule has 0 fully saturated rings. The van der Waals surface area contributed by atoms with E-state index in [1.807, 2.05) is 0 Å². The Balaban J connectivity index is 1.45. The third-order valence-electron chi connectivity index (χ3n) is 5.75. The van der Waals surface area contributed by atoms with Crippen LogP contribution in [-0.4, -0.2) is 28.9 Å². The van der Waals surface area contributed by atoms with Gasteiger partial charge in [-0.05, 0) is 76.6 Å². The molecular weight excluding hydrogens is 717 g/mol. The van der Waals surface area contributed by atoms with Crippen LogP contribution in [0.4, 0.5) is 24.5 Å². The molecule has 4 rings (SSSR count). The molecule has 224 valence electrons. The number of anilines is 1. The van der Waals surface area contributed by atoms with Crippen LogP contribution in [0.25, 0.3) is 0 Å². The summed E-state index contributed by atoms with van der Waals surface area (Å²) in [6.07, 6.45) is -3.40. The molecule has 4 aromatic rings. The van der Waals surface area contributed by atoms with Crippen LogP contribution in [0.15, 0.2) is 99.0 Å². The Kier molecular flexibility index (Phi) is 9.90. The highest BCUT2D eigenvalue weighted by atomic mass is 79.9. The van der Waals surface area contributed by atoms with E-state index >= 15 is 0 Å². The number of nitrogens with one attached hydrogen (secondary N) is 2. The van der Waals surface area contributed by atoms with Gasteiger partial charge < -0.3 is 10.1 Å². The standard InChI is InChI=1S/C29H17Br2F3N4O6/c30-21-12-19(25(24(31)14-21)44-28(41)16-7-9-23(10-8-16)38(42)43)15-35-37-27(40)18-4-2-6-22(13-18)36-26(39)17-3-1-5-20(11-17)29(32,33)34/h1-15H,(H,36,39)(H,37,40). The minimum Gasteiger partial charge on any atom is -0.421 e. The van der Waals surface area contributed by atoms with E-state index in [0.717, 1.165) is 30.3 Å². The van der Waals surface area contributed by atoms with Crippen molar-refractivity contribution >= 4 is 67.2 Å². The van der Waals surface area contributed by atoms with Gasteiger partial charge in [-0.2, -0.15) is 18.3 Å². The van der Waals surface area contributed by atoms with Gasteiger partial charge in [0.05, 0.1) is 26.7 Å². The van der Waals surface area contributed by atoms with E-state index < -0.39 is 34.4 Å². The average molecular weight is 734 g/mol. The quantitative estimate of drug-likeness (QED) is 0.0637. The van der Waals surface area contributed by atoms with E-state index in [0.29, 0.717) is 8.95 Å². The molecule has 0 aliphatic heterocycles. The number of hydrogen-bond donors (Lipinski definition) is 2. The Morgan fingerprint density at radius 1 is 0.864 bits per heavy atom. The zero-order chi connectivity index (χ0) is 32.0. The first-order valence-corrected chi connectivity index (χ1v) is 13.8. The summed E-state index contributed by atoms with van der Waals surface area (Å²) in [6, 6.07) is 17.6. The monoisotopic (exact) mass is 732 g/mol. The lowest BCUT2D eigenvalue weighted by Gasteiger charge is -2.11. The number of benzene rings is 4. The minimum absolute atomic E-state index is 0.0499. The highest BCUT2D eigenvalue weighted by Gasteiger charge is 2.31. The Hall–Kier alpha value is -4.89. The van der Waals surface area contributed by atoms with Crippen molar-refractivity contribution in [2.75, 3.05) is 5.32 Å². The molecule has 44 heavy (non-hydrogen) atoms. The fourth-order valence-corrected chi connectivity index (χ4v) is 5.00. The fourth-order valence-electron chi connectivity index (χ4n) is 3.66. The van der Waals surface area contributed by atoms with Crippen LogP contribution < -0.4 is 15.5 Å². The van der Waals surface area contributed by atoms with E-state index in [9.17, 15) is 37.7 Å². The summed E-state index contributed by atoms with van der Waals surface area (Å²) in [5, 5.41) is 17.2. The maximum atomic E-state index is 13.0. The Morgan fingerprint density at radius 2 is 1.52 bits per heavy atom. The maximum absolute atomic E-state index is 13.0. The second-order valence-corrected chi connectivity index (χ2v) is 10.6. The number of carbonyl (C=O) groups excluding carboxylic acids is 3. The molecule has 0 radical (unpaired) electrons. The molecule has 10 nitrogen and oxygen atoms in total. The van der Waals surface area contributed by atoms with Crippen LogP contribution >= 0.6 is 31.9 Å². The summed E-state index contributed by atoms with van der Waals surface area (Å²) in [5.74, 6) is -2.24. The highest BCUT2D eigenvalue weighted by molar-refractivity contribution is 9.11. The van der Waals surface area contributed by atoms with Crippen molar-refractivity contribution in [3.8, 4) is 5.75 Å². The van der Waals surface area contributed by atoms with Crippen molar-refractivity contribution < 1.29 is 37.2 Å². The smallest absolute Gasteiger partial charge is 0.416 e. The molecule has 0 saturated heterocycles. The molecule has 4 aromatic carbocycles. The summed E-state index contributed by atoms with van der Waals surface area (Å²) in [6.45, 7) is 0. The van der Waals surface area contributed by atoms with E-state index in [1.165, 1.54) is 48.7 Å². The normalized spacial score (nSPS) is 11.2. The van der Waals surface area contributed by atoms with Gasteiger partial charge in [0.15, 0.2) is 5.75 Å². The second kappa shape index (κ2) is 13.6. The lowest BCUT2D eigenvalue weighted by molar-refractivity contribution is -0.384. The molecule has 0 aliphatic carbocycles. The van der Waals surface area contributed by atoms with Crippen LogP contribution in [0.3, 0.4) is 0 Å². The molecule has 0 aliphatic rings. The molecule has 0 heterocycles. The predicted molar refractivity (Wildman–Crippen MR) is 161 cm³/mol. The number of amides is 2. The third-order valence-corrected chi connectivity index (χ3v) is 6.80. The number of carbonyl (C=O) groups is 3. The molecule has 2 amide bonds. The van der Waals surface area contributed by atoms with Crippen LogP contribution in [0, 0.1) is 10.1 Å². The van der Waals surface area contributed by atoms with Crippen LogP contribution in [-0.2, 0) is 6.18 Å². The number of hydrazone groups is 1. The molecule has 0 aromatic heterocycles. The zero-order valence-electron chi connectivity index (χ0n) is 21.9. The van der Waals surface area contributed by atoms with Gasteiger partial charge in [-0.25, -0.2) is 10.2 Å². The fraction of sp³-hybridized carbons (Fsp3) is 0.0345. The van der Waals surface area contributed by atoms with Gasteiger partial charge in [-0.1, -0.05) is 28.1 Å². The first kappa shape index (κ1) is 32.0. The van der Waals surface area contributed by atoms with Gasteiger partial charge in [-0.3, -0.25) is 19.7 Å². The van der Waals surface area contributed by atoms with Gasteiger partial charge in [0.25, 0.3) is 17.5 Å². The lowest BCUT2D eigenvalue weighted by Crippen LogP contribution is -2.19. The number of halogens is 5. The van der Waals surface area contributed by atoms with Crippen molar-refractivity contribution in [1.29, 1.82) is 0 Å². The van der Waals surface area contributed by atoms with Crippen molar-refractivity contribution in [1.82, 2.24) is 5.43 Å².